The zero-order valence-corrected chi connectivity index (χ0v) is 6.27. The van der Waals surface area contributed by atoms with Gasteiger partial charge in [-0.15, -0.1) is 0 Å². The molecule has 4 unspecified atom stereocenters. The highest BCUT2D eigenvalue weighted by atomic mass is 16.5. The molecular weight excluding hydrogens is 176 g/mol. The maximum Gasteiger partial charge on any atom is 0.310 e. The van der Waals surface area contributed by atoms with Crippen molar-refractivity contribution in [2.45, 2.75) is 24.9 Å². The van der Waals surface area contributed by atoms with Crippen molar-refractivity contribution in [1.82, 2.24) is 0 Å². The third-order valence-corrected chi connectivity index (χ3v) is 1.96. The fraction of sp³-hybridized carbons (Fsp3) is 0.750. The number of carboxylic acids is 2. The zero-order valence-electron chi connectivity index (χ0n) is 12.3. The molecule has 2 fully saturated rings. The van der Waals surface area contributed by atoms with Crippen LogP contribution in [0.3, 0.4) is 0 Å². The second-order valence-corrected chi connectivity index (χ2v) is 2.71. The van der Waals surface area contributed by atoms with Crippen LogP contribution in [0.1, 0.15) is 21.0 Å². The number of hydrogen-bond donors (Lipinski definition) is 2. The van der Waals surface area contributed by atoms with Crippen molar-refractivity contribution in [3.05, 3.63) is 0 Å². The Balaban J connectivity index is 2.72. The fourth-order valence-electron chi connectivity index (χ4n) is 1.39. The van der Waals surface area contributed by atoms with Crippen LogP contribution in [0, 0.1) is 11.8 Å². The van der Waals surface area contributed by atoms with Gasteiger partial charge in [-0.25, -0.2) is 0 Å². The summed E-state index contributed by atoms with van der Waals surface area (Å²) in [6.45, 7) is 0. The highest BCUT2D eigenvalue weighted by Gasteiger charge is 2.55. The van der Waals surface area contributed by atoms with Crippen molar-refractivity contribution in [3.63, 3.8) is 0 Å². The van der Waals surface area contributed by atoms with Crippen molar-refractivity contribution in [3.8, 4) is 0 Å². The highest BCUT2D eigenvalue weighted by molar-refractivity contribution is 5.82. The average molecular weight is 192 g/mol. The second kappa shape index (κ2) is 2.70. The van der Waals surface area contributed by atoms with Crippen molar-refractivity contribution >= 4 is 11.9 Å². The van der Waals surface area contributed by atoms with E-state index in [-0.39, 0.29) is 0 Å². The lowest BCUT2D eigenvalue weighted by molar-refractivity contribution is -0.154. The van der Waals surface area contributed by atoms with E-state index in [0.717, 1.165) is 0 Å². The normalized spacial score (nSPS) is 68.0. The maximum absolute atomic E-state index is 11.1. The van der Waals surface area contributed by atoms with Gasteiger partial charge in [0.15, 0.2) is 0 Å². The fourth-order valence-corrected chi connectivity index (χ4v) is 1.39. The molecule has 2 heterocycles. The molecule has 0 spiro atoms. The summed E-state index contributed by atoms with van der Waals surface area (Å²) in [4.78, 5) is 22.2. The van der Waals surface area contributed by atoms with Crippen LogP contribution in [0.2, 0.25) is 0 Å². The first-order valence-corrected chi connectivity index (χ1v) is 3.50. The van der Waals surface area contributed by atoms with Gasteiger partial charge in [0.1, 0.15) is 0 Å². The minimum atomic E-state index is -3.13. The molecule has 13 heavy (non-hydrogen) atoms. The van der Waals surface area contributed by atoms with Crippen LogP contribution in [0.15, 0.2) is 0 Å². The van der Waals surface area contributed by atoms with E-state index in [0.29, 0.717) is 0 Å². The van der Waals surface area contributed by atoms with Gasteiger partial charge < -0.3 is 14.9 Å². The van der Waals surface area contributed by atoms with Crippen LogP contribution in [0.25, 0.3) is 0 Å². The van der Waals surface area contributed by atoms with Crippen molar-refractivity contribution in [1.29, 1.82) is 0 Å². The van der Waals surface area contributed by atoms with E-state index in [1.54, 1.807) is 0 Å². The lowest BCUT2D eigenvalue weighted by atomic mass is 9.79. The molecule has 2 rings (SSSR count). The van der Waals surface area contributed by atoms with Gasteiger partial charge in [0.2, 0.25) is 0 Å². The monoisotopic (exact) mass is 192 g/mol. The molecule has 0 amide bonds. The minimum absolute atomic E-state index is 1.81. The lowest BCUT2D eigenvalue weighted by Crippen LogP contribution is -2.38. The predicted molar refractivity (Wildman–Crippen MR) is 40.1 cm³/mol. The van der Waals surface area contributed by atoms with E-state index < -0.39 is 48.7 Å². The zero-order chi connectivity index (χ0) is 15.0. The summed E-state index contributed by atoms with van der Waals surface area (Å²) in [5, 5.41) is 18.0. The predicted octanol–water partition coefficient (Wildman–Crippen LogP) is -0.0508. The Bertz CT molecular complexity index is 438. The van der Waals surface area contributed by atoms with Gasteiger partial charge >= 0.3 is 11.9 Å². The number of fused-ring (bicyclic) bond motifs is 2. The van der Waals surface area contributed by atoms with E-state index in [4.69, 9.17) is 18.4 Å². The Morgan fingerprint density at radius 2 is 1.62 bits per heavy atom. The van der Waals surface area contributed by atoms with Crippen molar-refractivity contribution in [2.24, 2.45) is 11.8 Å². The molecule has 2 saturated heterocycles. The quantitative estimate of drug-likeness (QED) is 0.640. The minimum Gasteiger partial charge on any atom is -0.481 e. The summed E-state index contributed by atoms with van der Waals surface area (Å²) in [5.74, 6) is -7.95. The van der Waals surface area contributed by atoms with Gasteiger partial charge in [-0.2, -0.15) is 0 Å². The molecule has 5 nitrogen and oxygen atoms in total. The second-order valence-electron chi connectivity index (χ2n) is 2.71. The van der Waals surface area contributed by atoms with Crippen LogP contribution < -0.4 is 0 Å². The number of aliphatic carboxylic acids is 2. The molecule has 5 heteroatoms. The van der Waals surface area contributed by atoms with Crippen LogP contribution in [-0.4, -0.2) is 34.3 Å². The molecule has 0 aromatic carbocycles. The largest absolute Gasteiger partial charge is 0.481 e. The van der Waals surface area contributed by atoms with E-state index in [1.165, 1.54) is 0 Å². The molecule has 72 valence electrons. The number of ether oxygens (including phenoxy) is 1. The van der Waals surface area contributed by atoms with Crippen LogP contribution in [-0.2, 0) is 14.3 Å². The summed E-state index contributed by atoms with van der Waals surface area (Å²) in [6.07, 6.45) is -12.2. The van der Waals surface area contributed by atoms with Crippen molar-refractivity contribution < 1.29 is 32.8 Å². The Hall–Kier alpha value is -1.10. The Kier molecular flexibility index (Phi) is 0.821. The Morgan fingerprint density at radius 3 is 1.92 bits per heavy atom. The van der Waals surface area contributed by atoms with Crippen molar-refractivity contribution in [2.75, 3.05) is 0 Å². The molecule has 0 aromatic heterocycles. The van der Waals surface area contributed by atoms with Gasteiger partial charge in [-0.05, 0) is 12.7 Å². The first-order valence-electron chi connectivity index (χ1n) is 6.50. The number of rotatable bonds is 2. The lowest BCUT2D eigenvalue weighted by Gasteiger charge is -2.20. The van der Waals surface area contributed by atoms with Crippen LogP contribution >= 0.6 is 0 Å². The van der Waals surface area contributed by atoms with Crippen LogP contribution in [0.4, 0.5) is 0 Å². The van der Waals surface area contributed by atoms with Gasteiger partial charge in [0, 0.05) is 5.48 Å². The van der Waals surface area contributed by atoms with Gasteiger partial charge in [-0.3, -0.25) is 9.59 Å². The molecule has 0 saturated carbocycles. The first kappa shape index (κ1) is 3.96. The number of carboxylic acid groups (broad SMARTS) is 2. The summed E-state index contributed by atoms with van der Waals surface area (Å²) in [5.41, 5.74) is 0. The topological polar surface area (TPSA) is 83.8 Å². The molecule has 2 aliphatic rings. The molecule has 2 N–H and O–H groups in total. The first-order chi connectivity index (χ1) is 8.34. The summed E-state index contributed by atoms with van der Waals surface area (Å²) in [7, 11) is 0. The van der Waals surface area contributed by atoms with E-state index >= 15 is 0 Å². The average Bonchev–Trinajstić information content (AvgIpc) is 2.53. The molecule has 0 aromatic rings. The number of carbonyl (C=O) groups is 2. The maximum atomic E-state index is 11.1. The smallest absolute Gasteiger partial charge is 0.310 e. The van der Waals surface area contributed by atoms with Gasteiger partial charge in [0.05, 0.1) is 26.7 Å². The third kappa shape index (κ3) is 1.11. The highest BCUT2D eigenvalue weighted by Crippen LogP contribution is 2.43. The molecule has 2 bridgehead atoms. The van der Waals surface area contributed by atoms with Gasteiger partial charge in [-0.1, -0.05) is 0 Å². The standard InChI is InChI=1S/C8H10O5/c9-7(10)5-3-1-2-4(13-3)6(5)8(11)12/h3-6H,1-2H2,(H,9,10)(H,11,12)/i1D2,2D2,3D,4D. The summed E-state index contributed by atoms with van der Waals surface area (Å²) in [6, 6.07) is 0. The summed E-state index contributed by atoms with van der Waals surface area (Å²) < 4.78 is 50.4. The third-order valence-electron chi connectivity index (χ3n) is 1.96. The molecule has 2 aliphatic heterocycles. The molecular formula is C8H10O5. The van der Waals surface area contributed by atoms with E-state index in [9.17, 15) is 9.59 Å². The Labute approximate surface area is 82.7 Å². The SMILES string of the molecule is [2H]C12OC([2H])(C(C(=O)O)C1C(=O)O)C([2H])([2H])C2([2H])[2H]. The number of hydrogen-bond acceptors (Lipinski definition) is 3. The van der Waals surface area contributed by atoms with E-state index in [2.05, 4.69) is 4.74 Å². The van der Waals surface area contributed by atoms with Crippen LogP contribution in [0.5, 0.6) is 0 Å². The Morgan fingerprint density at radius 1 is 1.23 bits per heavy atom. The van der Waals surface area contributed by atoms with E-state index in [1.807, 2.05) is 0 Å². The van der Waals surface area contributed by atoms with Gasteiger partial charge in [0.25, 0.3) is 0 Å². The molecule has 0 radical (unpaired) electrons. The molecule has 4 atom stereocenters. The molecule has 0 aliphatic carbocycles. The summed E-state index contributed by atoms with van der Waals surface area (Å²) >= 11 is 0.